The number of carbonyl (C=O) groups excluding carboxylic acids is 2. The number of aromatic nitrogens is 1. The molecule has 1 atom stereocenters. The minimum absolute atomic E-state index is 0.137. The molecule has 0 bridgehead atoms. The predicted octanol–water partition coefficient (Wildman–Crippen LogP) is 8.33. The van der Waals surface area contributed by atoms with Crippen molar-refractivity contribution in [1.29, 1.82) is 0 Å². The fourth-order valence-electron chi connectivity index (χ4n) is 6.54. The summed E-state index contributed by atoms with van der Waals surface area (Å²) in [5.41, 5.74) is 5.69. The van der Waals surface area contributed by atoms with E-state index in [1.54, 1.807) is 11.1 Å². The van der Waals surface area contributed by atoms with Crippen LogP contribution in [0.5, 0.6) is 0 Å². The second-order valence-electron chi connectivity index (χ2n) is 13.3. The molecule has 9 heteroatoms. The number of amides is 2. The monoisotopic (exact) mass is 716 g/mol. The maximum atomic E-state index is 14.6. The van der Waals surface area contributed by atoms with Gasteiger partial charge in [-0.25, -0.2) is 0 Å². The topological polar surface area (TPSA) is 56.8 Å². The van der Waals surface area contributed by atoms with E-state index in [4.69, 9.17) is 0 Å². The van der Waals surface area contributed by atoms with Crippen molar-refractivity contribution in [2.75, 3.05) is 26.2 Å². The first kappa shape index (κ1) is 37.2. The van der Waals surface area contributed by atoms with Crippen LogP contribution in [-0.4, -0.2) is 63.7 Å². The molecule has 2 amide bonds. The molecule has 1 fully saturated rings. The number of nitrogens with zero attached hydrogens (tertiary/aromatic N) is 4. The van der Waals surface area contributed by atoms with Crippen LogP contribution in [-0.2, 0) is 41.7 Å². The minimum Gasteiger partial charge on any atom is -0.338 e. The molecule has 2 heterocycles. The molecule has 1 saturated heterocycles. The van der Waals surface area contributed by atoms with Crippen molar-refractivity contribution in [1.82, 2.24) is 19.7 Å². The van der Waals surface area contributed by atoms with Gasteiger partial charge in [0.25, 0.3) is 0 Å². The van der Waals surface area contributed by atoms with E-state index in [0.29, 0.717) is 38.2 Å². The number of alkyl halides is 3. The first-order valence-electron chi connectivity index (χ1n) is 18.0. The summed E-state index contributed by atoms with van der Waals surface area (Å²) in [6, 6.07) is 35.6. The Morgan fingerprint density at radius 2 is 1.40 bits per heavy atom. The summed E-state index contributed by atoms with van der Waals surface area (Å²) >= 11 is 0. The molecule has 272 valence electrons. The van der Waals surface area contributed by atoms with Crippen LogP contribution < -0.4 is 0 Å². The number of aryl methyl sites for hydroxylation is 1. The van der Waals surface area contributed by atoms with Crippen molar-refractivity contribution in [2.24, 2.45) is 0 Å². The van der Waals surface area contributed by atoms with E-state index >= 15 is 0 Å². The van der Waals surface area contributed by atoms with Crippen LogP contribution in [0.3, 0.4) is 0 Å². The molecule has 5 aromatic rings. The van der Waals surface area contributed by atoms with E-state index in [0.717, 1.165) is 47.5 Å². The first-order chi connectivity index (χ1) is 25.7. The molecule has 1 unspecified atom stereocenters. The van der Waals surface area contributed by atoms with Gasteiger partial charge in [-0.15, -0.1) is 0 Å². The molecule has 1 aliphatic heterocycles. The van der Waals surface area contributed by atoms with Crippen molar-refractivity contribution in [3.8, 4) is 11.3 Å². The van der Waals surface area contributed by atoms with Crippen LogP contribution >= 0.6 is 0 Å². The van der Waals surface area contributed by atoms with Gasteiger partial charge in [-0.1, -0.05) is 104 Å². The van der Waals surface area contributed by atoms with Gasteiger partial charge in [0.2, 0.25) is 11.8 Å². The highest BCUT2D eigenvalue weighted by atomic mass is 19.4. The van der Waals surface area contributed by atoms with Crippen molar-refractivity contribution in [2.45, 2.75) is 45.1 Å². The number of halogens is 3. The van der Waals surface area contributed by atoms with Crippen LogP contribution in [0.15, 0.2) is 134 Å². The van der Waals surface area contributed by atoms with Crippen LogP contribution in [0.2, 0.25) is 0 Å². The number of rotatable bonds is 12. The maximum absolute atomic E-state index is 14.6. The predicted molar refractivity (Wildman–Crippen MR) is 202 cm³/mol. The minimum atomic E-state index is -4.46. The van der Waals surface area contributed by atoms with Crippen molar-refractivity contribution in [3.05, 3.63) is 167 Å². The van der Waals surface area contributed by atoms with Crippen molar-refractivity contribution < 1.29 is 22.8 Å². The lowest BCUT2D eigenvalue weighted by molar-refractivity contribution is -0.145. The summed E-state index contributed by atoms with van der Waals surface area (Å²) in [6.45, 7) is 5.55. The number of hydrogen-bond acceptors (Lipinski definition) is 4. The van der Waals surface area contributed by atoms with E-state index in [-0.39, 0.29) is 12.5 Å². The second-order valence-corrected chi connectivity index (χ2v) is 13.3. The van der Waals surface area contributed by atoms with Gasteiger partial charge in [0.1, 0.15) is 6.04 Å². The zero-order chi connectivity index (χ0) is 37.2. The van der Waals surface area contributed by atoms with Crippen LogP contribution in [0, 0.1) is 0 Å². The van der Waals surface area contributed by atoms with Crippen LogP contribution in [0.25, 0.3) is 17.3 Å². The smallest absolute Gasteiger partial charge is 0.338 e. The quantitative estimate of drug-likeness (QED) is 0.122. The summed E-state index contributed by atoms with van der Waals surface area (Å²) in [5.74, 6) is -0.552. The molecule has 0 saturated carbocycles. The van der Waals surface area contributed by atoms with Crippen molar-refractivity contribution >= 4 is 17.9 Å². The first-order valence-corrected chi connectivity index (χ1v) is 18.0. The standard InChI is InChI=1S/C44H43F3N4O2/c1-2-33-11-13-36(14-12-33)31-49-26-28-50(29-27-49)43(53)41(30-35-8-4-3-5-9-35)51(32-37-15-20-38(21-16-37)40-10-6-7-25-48-40)42(52)24-19-34-17-22-39(23-18-34)44(45,46)47/h3-25,41H,2,26-32H2,1H3. The number of pyridine rings is 1. The maximum Gasteiger partial charge on any atom is 0.416 e. The summed E-state index contributed by atoms with van der Waals surface area (Å²) in [6.07, 6.45) is 1.41. The lowest BCUT2D eigenvalue weighted by Gasteiger charge is -2.39. The fourth-order valence-corrected chi connectivity index (χ4v) is 6.54. The Labute approximate surface area is 309 Å². The van der Waals surface area contributed by atoms with Gasteiger partial charge in [-0.05, 0) is 64.6 Å². The van der Waals surface area contributed by atoms with E-state index in [1.165, 1.54) is 35.4 Å². The van der Waals surface area contributed by atoms with Gasteiger partial charge in [-0.2, -0.15) is 13.2 Å². The molecule has 4 aromatic carbocycles. The van der Waals surface area contributed by atoms with Gasteiger partial charge < -0.3 is 9.80 Å². The number of hydrogen-bond donors (Lipinski definition) is 0. The molecule has 53 heavy (non-hydrogen) atoms. The van der Waals surface area contributed by atoms with Crippen molar-refractivity contribution in [3.63, 3.8) is 0 Å². The summed E-state index contributed by atoms with van der Waals surface area (Å²) in [7, 11) is 0. The van der Waals surface area contributed by atoms with Gasteiger partial charge in [0.05, 0.1) is 11.3 Å². The van der Waals surface area contributed by atoms with E-state index < -0.39 is 23.7 Å². The average Bonchev–Trinajstić information content (AvgIpc) is 3.19. The summed E-state index contributed by atoms with van der Waals surface area (Å²) < 4.78 is 39.6. The lowest BCUT2D eigenvalue weighted by Crippen LogP contribution is -2.56. The molecule has 1 aromatic heterocycles. The van der Waals surface area contributed by atoms with Gasteiger partial charge in [0, 0.05) is 63.5 Å². The zero-order valence-corrected chi connectivity index (χ0v) is 29.8. The number of carbonyl (C=O) groups is 2. The summed E-state index contributed by atoms with van der Waals surface area (Å²) in [5, 5.41) is 0. The number of benzene rings is 4. The Morgan fingerprint density at radius 1 is 0.755 bits per heavy atom. The van der Waals surface area contributed by atoms with Gasteiger partial charge >= 0.3 is 6.18 Å². The molecule has 1 aliphatic rings. The van der Waals surface area contributed by atoms with Crippen LogP contribution in [0.1, 0.15) is 40.3 Å². The third kappa shape index (κ3) is 10.1. The molecule has 0 N–H and O–H groups in total. The largest absolute Gasteiger partial charge is 0.416 e. The third-order valence-corrected chi connectivity index (χ3v) is 9.66. The lowest BCUT2D eigenvalue weighted by atomic mass is 10.0. The Balaban J connectivity index is 1.26. The fraction of sp³-hybridized carbons (Fsp3) is 0.250. The molecular weight excluding hydrogens is 674 g/mol. The molecule has 6 rings (SSSR count). The average molecular weight is 717 g/mol. The normalized spacial score (nSPS) is 14.3. The third-order valence-electron chi connectivity index (χ3n) is 9.66. The second kappa shape index (κ2) is 17.3. The Hall–Kier alpha value is -5.54. The Kier molecular flexibility index (Phi) is 12.2. The highest BCUT2D eigenvalue weighted by Crippen LogP contribution is 2.29. The molecule has 0 aliphatic carbocycles. The highest BCUT2D eigenvalue weighted by molar-refractivity contribution is 5.95. The van der Waals surface area contributed by atoms with Gasteiger partial charge in [-0.3, -0.25) is 19.5 Å². The SMILES string of the molecule is CCc1ccc(CN2CCN(C(=O)C(Cc3ccccc3)N(Cc3ccc(-c4ccccn4)cc3)C(=O)C=Cc3ccc(C(F)(F)F)cc3)CC2)cc1. The van der Waals surface area contributed by atoms with Crippen LogP contribution in [0.4, 0.5) is 13.2 Å². The van der Waals surface area contributed by atoms with Gasteiger partial charge in [0.15, 0.2) is 0 Å². The Morgan fingerprint density at radius 3 is 2.02 bits per heavy atom. The molecule has 0 radical (unpaired) electrons. The van der Waals surface area contributed by atoms with E-state index in [2.05, 4.69) is 41.1 Å². The molecular formula is C44H43F3N4O2. The summed E-state index contributed by atoms with van der Waals surface area (Å²) in [4.78, 5) is 39.0. The van der Waals surface area contributed by atoms with E-state index in [9.17, 15) is 22.8 Å². The Bertz CT molecular complexity index is 1960. The highest BCUT2D eigenvalue weighted by Gasteiger charge is 2.34. The zero-order valence-electron chi connectivity index (χ0n) is 29.8. The molecule has 0 spiro atoms. The van der Waals surface area contributed by atoms with E-state index in [1.807, 2.05) is 77.7 Å². The number of piperazine rings is 1. The molecule has 6 nitrogen and oxygen atoms in total.